The minimum atomic E-state index is 0.00629. The highest BCUT2D eigenvalue weighted by Crippen LogP contribution is 2.35. The fourth-order valence-electron chi connectivity index (χ4n) is 3.27. The fourth-order valence-corrected chi connectivity index (χ4v) is 3.27. The van der Waals surface area contributed by atoms with Gasteiger partial charge in [0.1, 0.15) is 0 Å². The van der Waals surface area contributed by atoms with Crippen LogP contribution in [0.15, 0.2) is 24.3 Å². The van der Waals surface area contributed by atoms with Crippen LogP contribution in [0.3, 0.4) is 0 Å². The van der Waals surface area contributed by atoms with E-state index in [1.807, 2.05) is 0 Å². The van der Waals surface area contributed by atoms with Crippen molar-refractivity contribution in [1.29, 1.82) is 0 Å². The molecule has 19 heavy (non-hydrogen) atoms. The van der Waals surface area contributed by atoms with Crippen LogP contribution in [0.1, 0.15) is 32.3 Å². The minimum absolute atomic E-state index is 0.00629. The van der Waals surface area contributed by atoms with Gasteiger partial charge in [0.15, 0.2) is 0 Å². The van der Waals surface area contributed by atoms with Crippen LogP contribution in [0.25, 0.3) is 0 Å². The zero-order valence-electron chi connectivity index (χ0n) is 12.5. The Morgan fingerprint density at radius 3 is 2.21 bits per heavy atom. The number of nitrogens with zero attached hydrogens (tertiary/aromatic N) is 1. The Bertz CT molecular complexity index is 405. The van der Waals surface area contributed by atoms with Gasteiger partial charge in [0.25, 0.3) is 0 Å². The summed E-state index contributed by atoms with van der Waals surface area (Å²) < 4.78 is 5.87. The van der Waals surface area contributed by atoms with Crippen molar-refractivity contribution in [3.63, 3.8) is 0 Å². The van der Waals surface area contributed by atoms with Gasteiger partial charge in [-0.25, -0.2) is 0 Å². The smallest absolute Gasteiger partial charge is 0.0573 e. The SMILES string of the molecule is Cc1ccc(N(C)C2(CN)CC(C)OC(C)C2)cc1. The van der Waals surface area contributed by atoms with Crippen molar-refractivity contribution < 1.29 is 4.74 Å². The van der Waals surface area contributed by atoms with Crippen LogP contribution in [0.2, 0.25) is 0 Å². The molecule has 0 bridgehead atoms. The maximum Gasteiger partial charge on any atom is 0.0573 e. The largest absolute Gasteiger partial charge is 0.375 e. The monoisotopic (exact) mass is 262 g/mol. The molecule has 1 saturated heterocycles. The molecule has 2 N–H and O–H groups in total. The molecular formula is C16H26N2O. The summed E-state index contributed by atoms with van der Waals surface area (Å²) in [6, 6.07) is 8.67. The van der Waals surface area contributed by atoms with Crippen LogP contribution in [-0.4, -0.2) is 31.3 Å². The quantitative estimate of drug-likeness (QED) is 0.910. The molecule has 2 unspecified atom stereocenters. The third-order valence-electron chi connectivity index (χ3n) is 4.31. The first-order chi connectivity index (χ1) is 8.97. The molecule has 3 nitrogen and oxygen atoms in total. The Morgan fingerprint density at radius 2 is 1.74 bits per heavy atom. The molecule has 2 rings (SSSR count). The average Bonchev–Trinajstić information content (AvgIpc) is 2.37. The van der Waals surface area contributed by atoms with Gasteiger partial charge < -0.3 is 15.4 Å². The summed E-state index contributed by atoms with van der Waals surface area (Å²) in [5.41, 5.74) is 8.66. The first-order valence-electron chi connectivity index (χ1n) is 7.13. The first kappa shape index (κ1) is 14.4. The number of rotatable bonds is 3. The number of benzene rings is 1. The highest BCUT2D eigenvalue weighted by molar-refractivity contribution is 5.49. The van der Waals surface area contributed by atoms with Crippen molar-refractivity contribution >= 4 is 5.69 Å². The van der Waals surface area contributed by atoms with E-state index in [1.165, 1.54) is 11.3 Å². The normalized spacial score (nSPS) is 31.2. The lowest BCUT2D eigenvalue weighted by atomic mass is 9.82. The molecule has 1 aliphatic heterocycles. The van der Waals surface area contributed by atoms with Gasteiger partial charge in [-0.15, -0.1) is 0 Å². The Morgan fingerprint density at radius 1 is 1.21 bits per heavy atom. The summed E-state index contributed by atoms with van der Waals surface area (Å²) in [6.07, 6.45) is 2.50. The highest BCUT2D eigenvalue weighted by Gasteiger charge is 2.40. The molecule has 1 aromatic carbocycles. The van der Waals surface area contributed by atoms with Crippen LogP contribution in [0.4, 0.5) is 5.69 Å². The molecule has 0 amide bonds. The third-order valence-corrected chi connectivity index (χ3v) is 4.31. The van der Waals surface area contributed by atoms with Crippen molar-refractivity contribution in [3.05, 3.63) is 29.8 Å². The maximum absolute atomic E-state index is 6.13. The van der Waals surface area contributed by atoms with Crippen molar-refractivity contribution in [3.8, 4) is 0 Å². The molecule has 1 aromatic rings. The number of hydrogen-bond donors (Lipinski definition) is 1. The van der Waals surface area contributed by atoms with E-state index >= 15 is 0 Å². The van der Waals surface area contributed by atoms with Crippen LogP contribution in [0.5, 0.6) is 0 Å². The van der Waals surface area contributed by atoms with Crippen molar-refractivity contribution in [2.24, 2.45) is 5.73 Å². The molecule has 2 atom stereocenters. The predicted molar refractivity (Wildman–Crippen MR) is 80.6 cm³/mol. The summed E-state index contributed by atoms with van der Waals surface area (Å²) in [4.78, 5) is 2.35. The number of ether oxygens (including phenoxy) is 1. The van der Waals surface area contributed by atoms with E-state index in [0.29, 0.717) is 6.54 Å². The lowest BCUT2D eigenvalue weighted by Gasteiger charge is -2.49. The molecule has 0 saturated carbocycles. The van der Waals surface area contributed by atoms with Crippen LogP contribution >= 0.6 is 0 Å². The van der Waals surface area contributed by atoms with Gasteiger partial charge >= 0.3 is 0 Å². The molecule has 1 aliphatic rings. The van der Waals surface area contributed by atoms with Gasteiger partial charge in [-0.05, 0) is 45.7 Å². The molecule has 0 spiro atoms. The van der Waals surface area contributed by atoms with Crippen LogP contribution in [0, 0.1) is 6.92 Å². The fraction of sp³-hybridized carbons (Fsp3) is 0.625. The molecule has 0 aliphatic carbocycles. The molecule has 106 valence electrons. The van der Waals surface area contributed by atoms with E-state index in [4.69, 9.17) is 10.5 Å². The molecule has 0 aromatic heterocycles. The molecule has 0 radical (unpaired) electrons. The predicted octanol–water partition coefficient (Wildman–Crippen LogP) is 2.72. The van der Waals surface area contributed by atoms with Gasteiger partial charge in [0.2, 0.25) is 0 Å². The first-order valence-corrected chi connectivity index (χ1v) is 7.13. The third kappa shape index (κ3) is 2.93. The van der Waals surface area contributed by atoms with Crippen molar-refractivity contribution in [1.82, 2.24) is 0 Å². The van der Waals surface area contributed by atoms with Crippen molar-refractivity contribution in [2.75, 3.05) is 18.5 Å². The molecule has 1 fully saturated rings. The zero-order valence-corrected chi connectivity index (χ0v) is 12.5. The maximum atomic E-state index is 6.13. The standard InChI is InChI=1S/C16H26N2O/c1-12-5-7-15(8-6-12)18(4)16(11-17)9-13(2)19-14(3)10-16/h5-8,13-14H,9-11,17H2,1-4H3. The number of nitrogens with two attached hydrogens (primary N) is 1. The highest BCUT2D eigenvalue weighted by atomic mass is 16.5. The second kappa shape index (κ2) is 5.51. The topological polar surface area (TPSA) is 38.5 Å². The number of anilines is 1. The zero-order chi connectivity index (χ0) is 14.0. The number of aryl methyl sites for hydroxylation is 1. The minimum Gasteiger partial charge on any atom is -0.375 e. The van der Waals surface area contributed by atoms with Gasteiger partial charge in [-0.1, -0.05) is 17.7 Å². The number of hydrogen-bond acceptors (Lipinski definition) is 3. The van der Waals surface area contributed by atoms with E-state index in [1.54, 1.807) is 0 Å². The summed E-state index contributed by atoms with van der Waals surface area (Å²) >= 11 is 0. The second-order valence-electron chi connectivity index (χ2n) is 5.99. The van der Waals surface area contributed by atoms with Crippen molar-refractivity contribution in [2.45, 2.75) is 51.4 Å². The van der Waals surface area contributed by atoms with Gasteiger partial charge in [0.05, 0.1) is 17.7 Å². The Labute approximate surface area is 116 Å². The summed E-state index contributed by atoms with van der Waals surface area (Å²) in [6.45, 7) is 7.06. The Kier molecular flexibility index (Phi) is 4.16. The van der Waals surface area contributed by atoms with E-state index in [9.17, 15) is 0 Å². The van der Waals surface area contributed by atoms with Gasteiger partial charge in [0, 0.05) is 19.3 Å². The lowest BCUT2D eigenvalue weighted by molar-refractivity contribution is -0.0591. The summed E-state index contributed by atoms with van der Waals surface area (Å²) in [7, 11) is 2.16. The average molecular weight is 262 g/mol. The van der Waals surface area contributed by atoms with Crippen LogP contribution in [-0.2, 0) is 4.74 Å². The van der Waals surface area contributed by atoms with Crippen LogP contribution < -0.4 is 10.6 Å². The lowest BCUT2D eigenvalue weighted by Crippen LogP contribution is -2.58. The van der Waals surface area contributed by atoms with Gasteiger partial charge in [-0.3, -0.25) is 0 Å². The van der Waals surface area contributed by atoms with E-state index in [2.05, 4.69) is 57.0 Å². The van der Waals surface area contributed by atoms with E-state index in [-0.39, 0.29) is 17.7 Å². The van der Waals surface area contributed by atoms with E-state index in [0.717, 1.165) is 12.8 Å². The van der Waals surface area contributed by atoms with E-state index < -0.39 is 0 Å². The van der Waals surface area contributed by atoms with Gasteiger partial charge in [-0.2, -0.15) is 0 Å². The molecule has 1 heterocycles. The Hall–Kier alpha value is -1.06. The number of likely N-dealkylation sites (N-methyl/N-ethyl adjacent to an activating group) is 1. The molecular weight excluding hydrogens is 236 g/mol. The molecule has 3 heteroatoms. The second-order valence-corrected chi connectivity index (χ2v) is 5.99. The summed E-state index contributed by atoms with van der Waals surface area (Å²) in [5.74, 6) is 0. The Balaban J connectivity index is 2.27. The summed E-state index contributed by atoms with van der Waals surface area (Å²) in [5, 5.41) is 0.